The van der Waals surface area contributed by atoms with Crippen LogP contribution in [-0.4, -0.2) is 34.2 Å². The van der Waals surface area contributed by atoms with Crippen molar-refractivity contribution >= 4 is 23.6 Å². The summed E-state index contributed by atoms with van der Waals surface area (Å²) in [5.41, 5.74) is -0.0804. The summed E-state index contributed by atoms with van der Waals surface area (Å²) in [5.74, 6) is 0.308. The molecule has 0 saturated carbocycles. The molecular formula is C17H21F3N4OS. The van der Waals surface area contributed by atoms with Crippen molar-refractivity contribution in [1.29, 1.82) is 0 Å². The van der Waals surface area contributed by atoms with E-state index in [-0.39, 0.29) is 22.5 Å². The zero-order valence-corrected chi connectivity index (χ0v) is 16.1. The van der Waals surface area contributed by atoms with Crippen molar-refractivity contribution in [1.82, 2.24) is 14.3 Å². The van der Waals surface area contributed by atoms with Crippen molar-refractivity contribution in [3.05, 3.63) is 29.1 Å². The maximum atomic E-state index is 13.5. The summed E-state index contributed by atoms with van der Waals surface area (Å²) >= 11 is 0.932. The molecular weight excluding hydrogens is 365 g/mol. The van der Waals surface area contributed by atoms with Gasteiger partial charge in [-0.2, -0.15) is 22.5 Å². The van der Waals surface area contributed by atoms with E-state index in [0.717, 1.165) is 17.6 Å². The SMILES string of the molecule is CCN(C)C=Nc1cc(C(F)(F)F)c(Oc2nc(C(C)C)ns2)cc1C. The number of alkyl halides is 3. The molecule has 0 atom stereocenters. The van der Waals surface area contributed by atoms with Crippen molar-refractivity contribution in [3.63, 3.8) is 0 Å². The molecule has 0 spiro atoms. The lowest BCUT2D eigenvalue weighted by Crippen LogP contribution is -2.14. The van der Waals surface area contributed by atoms with Gasteiger partial charge < -0.3 is 9.64 Å². The Kier molecular flexibility index (Phi) is 6.22. The maximum Gasteiger partial charge on any atom is 0.420 e. The molecule has 0 aliphatic heterocycles. The van der Waals surface area contributed by atoms with Crippen molar-refractivity contribution in [2.24, 2.45) is 4.99 Å². The van der Waals surface area contributed by atoms with E-state index in [1.54, 1.807) is 18.9 Å². The van der Waals surface area contributed by atoms with E-state index in [0.29, 0.717) is 17.9 Å². The van der Waals surface area contributed by atoms with Crippen molar-refractivity contribution in [2.45, 2.75) is 39.8 Å². The molecule has 1 heterocycles. The molecule has 1 aromatic heterocycles. The van der Waals surface area contributed by atoms with Crippen LogP contribution in [0.15, 0.2) is 17.1 Å². The minimum atomic E-state index is -4.57. The first-order chi connectivity index (χ1) is 12.1. The smallest absolute Gasteiger partial charge is 0.420 e. The third-order valence-electron chi connectivity index (χ3n) is 3.63. The first-order valence-corrected chi connectivity index (χ1v) is 8.86. The highest BCUT2D eigenvalue weighted by Gasteiger charge is 2.35. The highest BCUT2D eigenvalue weighted by atomic mass is 32.1. The van der Waals surface area contributed by atoms with Gasteiger partial charge in [-0.05, 0) is 31.5 Å². The molecule has 5 nitrogen and oxygen atoms in total. The normalized spacial score (nSPS) is 12.2. The van der Waals surface area contributed by atoms with Gasteiger partial charge in [0.25, 0.3) is 5.19 Å². The molecule has 0 saturated heterocycles. The first-order valence-electron chi connectivity index (χ1n) is 8.09. The van der Waals surface area contributed by atoms with Crippen LogP contribution in [-0.2, 0) is 6.18 Å². The van der Waals surface area contributed by atoms with Crippen LogP contribution in [0.25, 0.3) is 0 Å². The zero-order chi connectivity index (χ0) is 19.5. The second kappa shape index (κ2) is 8.03. The van der Waals surface area contributed by atoms with Crippen LogP contribution in [0.3, 0.4) is 0 Å². The fourth-order valence-electron chi connectivity index (χ4n) is 1.95. The Balaban J connectivity index is 2.41. The number of hydrogen-bond donors (Lipinski definition) is 0. The molecule has 0 fully saturated rings. The van der Waals surface area contributed by atoms with E-state index in [1.807, 2.05) is 20.8 Å². The Bertz CT molecular complexity index is 787. The van der Waals surface area contributed by atoms with Gasteiger partial charge in [0.15, 0.2) is 0 Å². The fourth-order valence-corrected chi connectivity index (χ4v) is 2.63. The third kappa shape index (κ3) is 4.94. The first kappa shape index (κ1) is 20.2. The van der Waals surface area contributed by atoms with Crippen molar-refractivity contribution in [3.8, 4) is 10.9 Å². The van der Waals surface area contributed by atoms with Crippen LogP contribution in [0.4, 0.5) is 18.9 Å². The number of rotatable bonds is 6. The molecule has 1 aromatic carbocycles. The Hall–Kier alpha value is -2.16. The average molecular weight is 386 g/mol. The van der Waals surface area contributed by atoms with E-state index in [4.69, 9.17) is 4.74 Å². The molecule has 0 bridgehead atoms. The van der Waals surface area contributed by atoms with E-state index in [2.05, 4.69) is 14.3 Å². The van der Waals surface area contributed by atoms with Gasteiger partial charge in [0.1, 0.15) is 17.1 Å². The Morgan fingerprint density at radius 2 is 2.04 bits per heavy atom. The van der Waals surface area contributed by atoms with E-state index >= 15 is 0 Å². The average Bonchev–Trinajstić information content (AvgIpc) is 3.01. The van der Waals surface area contributed by atoms with E-state index in [1.165, 1.54) is 12.4 Å². The third-order valence-corrected chi connectivity index (χ3v) is 4.24. The molecule has 2 aromatic rings. The molecule has 0 N–H and O–H groups in total. The Morgan fingerprint density at radius 1 is 1.35 bits per heavy atom. The summed E-state index contributed by atoms with van der Waals surface area (Å²) in [6, 6.07) is 2.33. The molecule has 0 aliphatic rings. The lowest BCUT2D eigenvalue weighted by atomic mass is 10.1. The summed E-state index contributed by atoms with van der Waals surface area (Å²) in [4.78, 5) is 10.0. The lowest BCUT2D eigenvalue weighted by molar-refractivity contribution is -0.138. The van der Waals surface area contributed by atoms with E-state index in [9.17, 15) is 13.2 Å². The summed E-state index contributed by atoms with van der Waals surface area (Å²) in [6.07, 6.45) is -3.07. The van der Waals surface area contributed by atoms with Crippen LogP contribution in [0.5, 0.6) is 10.9 Å². The molecule has 2 rings (SSSR count). The fraction of sp³-hybridized carbons (Fsp3) is 0.471. The van der Waals surface area contributed by atoms with Gasteiger partial charge >= 0.3 is 6.18 Å². The van der Waals surface area contributed by atoms with Gasteiger partial charge in [-0.25, -0.2) is 4.99 Å². The Labute approximate surface area is 154 Å². The standard InChI is InChI=1S/C17H21F3N4OS/c1-6-24(5)9-21-13-8-12(17(18,19)20)14(7-11(13)4)25-16-22-15(10(2)3)23-26-16/h7-10H,6H2,1-5H3. The van der Waals surface area contributed by atoms with Gasteiger partial charge in [-0.3, -0.25) is 0 Å². The quantitative estimate of drug-likeness (QED) is 0.493. The van der Waals surface area contributed by atoms with Gasteiger partial charge in [0.05, 0.1) is 12.0 Å². The lowest BCUT2D eigenvalue weighted by Gasteiger charge is -2.15. The molecule has 0 amide bonds. The summed E-state index contributed by atoms with van der Waals surface area (Å²) in [6.45, 7) is 8.11. The minimum Gasteiger partial charge on any atom is -0.429 e. The number of aromatic nitrogens is 2. The van der Waals surface area contributed by atoms with Crippen LogP contribution >= 0.6 is 11.5 Å². The number of nitrogens with zero attached hydrogens (tertiary/aromatic N) is 4. The van der Waals surface area contributed by atoms with Crippen LogP contribution in [0.2, 0.25) is 0 Å². The second-order valence-corrected chi connectivity index (χ2v) is 6.84. The number of aryl methyl sites for hydroxylation is 1. The van der Waals surface area contributed by atoms with Gasteiger partial charge in [-0.15, -0.1) is 0 Å². The van der Waals surface area contributed by atoms with Gasteiger partial charge in [0.2, 0.25) is 0 Å². The largest absolute Gasteiger partial charge is 0.429 e. The van der Waals surface area contributed by atoms with Gasteiger partial charge in [-0.1, -0.05) is 13.8 Å². The summed E-state index contributed by atoms with van der Waals surface area (Å²) < 4.78 is 50.0. The number of halogens is 3. The molecule has 9 heteroatoms. The number of benzene rings is 1. The molecule has 0 unspecified atom stereocenters. The van der Waals surface area contributed by atoms with Crippen molar-refractivity contribution < 1.29 is 17.9 Å². The molecule has 0 aliphatic carbocycles. The molecule has 26 heavy (non-hydrogen) atoms. The predicted octanol–water partition coefficient (Wildman–Crippen LogP) is 5.39. The summed E-state index contributed by atoms with van der Waals surface area (Å²) in [7, 11) is 1.79. The predicted molar refractivity (Wildman–Crippen MR) is 96.7 cm³/mol. The highest BCUT2D eigenvalue weighted by molar-refractivity contribution is 7.07. The van der Waals surface area contributed by atoms with Crippen LogP contribution < -0.4 is 4.74 Å². The second-order valence-electron chi connectivity index (χ2n) is 6.13. The maximum absolute atomic E-state index is 13.5. The Morgan fingerprint density at radius 3 is 2.58 bits per heavy atom. The van der Waals surface area contributed by atoms with Gasteiger partial charge in [0, 0.05) is 31.0 Å². The number of aliphatic imine (C=N–C) groups is 1. The summed E-state index contributed by atoms with van der Waals surface area (Å²) in [5, 5.41) is 0.0839. The monoisotopic (exact) mass is 386 g/mol. The van der Waals surface area contributed by atoms with Crippen LogP contribution in [0.1, 0.15) is 43.6 Å². The van der Waals surface area contributed by atoms with Crippen LogP contribution in [0, 0.1) is 6.92 Å². The van der Waals surface area contributed by atoms with Crippen molar-refractivity contribution in [2.75, 3.05) is 13.6 Å². The zero-order valence-electron chi connectivity index (χ0n) is 15.3. The highest BCUT2D eigenvalue weighted by Crippen LogP contribution is 2.42. The number of hydrogen-bond acceptors (Lipinski definition) is 5. The number of ether oxygens (including phenoxy) is 1. The van der Waals surface area contributed by atoms with E-state index < -0.39 is 11.7 Å². The minimum absolute atomic E-state index is 0.0692. The molecule has 142 valence electrons. The molecule has 0 radical (unpaired) electrons. The topological polar surface area (TPSA) is 50.6 Å².